The second-order valence-corrected chi connectivity index (χ2v) is 7.70. The number of carbonyl (C=O) groups excluding carboxylic acids is 1. The number of rotatable bonds is 4. The van der Waals surface area contributed by atoms with Crippen molar-refractivity contribution in [3.05, 3.63) is 57.0 Å². The molecule has 144 valence electrons. The van der Waals surface area contributed by atoms with Gasteiger partial charge in [-0.05, 0) is 23.5 Å². The van der Waals surface area contributed by atoms with E-state index in [1.807, 2.05) is 13.0 Å². The van der Waals surface area contributed by atoms with E-state index >= 15 is 0 Å². The van der Waals surface area contributed by atoms with E-state index in [-0.39, 0.29) is 6.61 Å². The fourth-order valence-corrected chi connectivity index (χ4v) is 4.14. The lowest BCUT2D eigenvalue weighted by molar-refractivity contribution is -0.138. The number of hydrogen-bond donors (Lipinski definition) is 3. The summed E-state index contributed by atoms with van der Waals surface area (Å²) in [6.07, 6.45) is 5.04. The number of esters is 1. The zero-order valence-electron chi connectivity index (χ0n) is 15.2. The van der Waals surface area contributed by atoms with Gasteiger partial charge in [0.05, 0.1) is 40.6 Å². The summed E-state index contributed by atoms with van der Waals surface area (Å²) in [7, 11) is 0. The summed E-state index contributed by atoms with van der Waals surface area (Å²) in [6.45, 7) is 9.34. The van der Waals surface area contributed by atoms with Gasteiger partial charge in [-0.3, -0.25) is 0 Å². The highest BCUT2D eigenvalue weighted by Crippen LogP contribution is 2.47. The van der Waals surface area contributed by atoms with Crippen LogP contribution in [0.25, 0.3) is 0 Å². The Morgan fingerprint density at radius 2 is 2.30 bits per heavy atom. The van der Waals surface area contributed by atoms with Crippen molar-refractivity contribution in [3.63, 3.8) is 0 Å². The number of nitriles is 1. The summed E-state index contributed by atoms with van der Waals surface area (Å²) < 4.78 is 10.8. The van der Waals surface area contributed by atoms with Crippen LogP contribution in [0.4, 0.5) is 0 Å². The Kier molecular flexibility index (Phi) is 8.75. The minimum Gasteiger partial charge on any atom is -0.458 e. The van der Waals surface area contributed by atoms with E-state index in [2.05, 4.69) is 35.6 Å². The molecule has 0 radical (unpaired) electrons. The Hall–Kier alpha value is -1.92. The number of thiol groups is 1. The molecule has 8 heteroatoms. The van der Waals surface area contributed by atoms with Gasteiger partial charge in [-0.25, -0.2) is 4.79 Å². The summed E-state index contributed by atoms with van der Waals surface area (Å²) in [6, 6.07) is 4.00. The zero-order chi connectivity index (χ0) is 19.6. The molecule has 0 bridgehead atoms. The second-order valence-electron chi connectivity index (χ2n) is 5.73. The summed E-state index contributed by atoms with van der Waals surface area (Å²) in [5.41, 5.74) is 1.78. The lowest BCUT2D eigenvalue weighted by Crippen LogP contribution is -2.30. The predicted octanol–water partition coefficient (Wildman–Crippen LogP) is 3.12. The van der Waals surface area contributed by atoms with Crippen molar-refractivity contribution in [1.82, 2.24) is 10.3 Å². The molecule has 0 spiro atoms. The number of nitrogens with one attached hydrogen (secondary N) is 2. The SMILES string of the molecule is C1COCCN1.C=CCOC(=O)C1=C(C)SC(S)=C(C#N)C1c1cc[nH]c1. The molecule has 0 amide bonds. The van der Waals surface area contributed by atoms with E-state index < -0.39 is 11.9 Å². The molecule has 1 unspecified atom stereocenters. The number of allylic oxidation sites excluding steroid dienone is 2. The van der Waals surface area contributed by atoms with Crippen molar-refractivity contribution in [1.29, 1.82) is 5.26 Å². The third-order valence-corrected chi connectivity index (χ3v) is 5.37. The van der Waals surface area contributed by atoms with E-state index in [0.717, 1.165) is 36.8 Å². The standard InChI is InChI=1S/C15H14N2O2S2.C4H9NO/c1-3-6-19-14(18)12-9(2)21-15(20)11(7-16)13(12)10-4-5-17-8-10;1-3-6-4-2-5-1/h3-5,8,13,17,20H,1,6H2,2H3;5H,1-4H2. The van der Waals surface area contributed by atoms with Gasteiger partial charge < -0.3 is 19.8 Å². The number of hydrogen-bond acceptors (Lipinski definition) is 7. The first-order chi connectivity index (χ1) is 13.1. The Morgan fingerprint density at radius 1 is 1.56 bits per heavy atom. The molecule has 1 aromatic heterocycles. The molecule has 3 heterocycles. The lowest BCUT2D eigenvalue weighted by Gasteiger charge is -2.25. The molecule has 6 nitrogen and oxygen atoms in total. The second kappa shape index (κ2) is 11.0. The summed E-state index contributed by atoms with van der Waals surface area (Å²) in [5, 5.41) is 12.6. The number of nitrogens with zero attached hydrogens (tertiary/aromatic N) is 1. The van der Waals surface area contributed by atoms with Gasteiger partial charge in [0.25, 0.3) is 0 Å². The molecule has 2 aliphatic rings. The fraction of sp³-hybridized carbons (Fsp3) is 0.368. The third kappa shape index (κ3) is 5.78. The smallest absolute Gasteiger partial charge is 0.336 e. The molecular weight excluding hydrogens is 382 g/mol. The van der Waals surface area contributed by atoms with Gasteiger partial charge in [0, 0.05) is 25.5 Å². The maximum absolute atomic E-state index is 12.3. The van der Waals surface area contributed by atoms with Gasteiger partial charge in [-0.1, -0.05) is 24.4 Å². The minimum absolute atomic E-state index is 0.138. The quantitative estimate of drug-likeness (QED) is 0.405. The first-order valence-electron chi connectivity index (χ1n) is 8.51. The van der Waals surface area contributed by atoms with E-state index in [4.69, 9.17) is 9.47 Å². The fourth-order valence-electron chi connectivity index (χ4n) is 2.68. The highest BCUT2D eigenvalue weighted by Gasteiger charge is 2.35. The van der Waals surface area contributed by atoms with Gasteiger partial charge >= 0.3 is 5.97 Å². The third-order valence-electron chi connectivity index (χ3n) is 3.91. The van der Waals surface area contributed by atoms with Crippen LogP contribution in [0, 0.1) is 11.3 Å². The van der Waals surface area contributed by atoms with Crippen LogP contribution in [-0.4, -0.2) is 43.9 Å². The Morgan fingerprint density at radius 3 is 2.78 bits per heavy atom. The molecule has 1 saturated heterocycles. The number of aromatic nitrogens is 1. The van der Waals surface area contributed by atoms with E-state index in [1.54, 1.807) is 12.4 Å². The van der Waals surface area contributed by atoms with Crippen LogP contribution < -0.4 is 5.32 Å². The molecule has 2 N–H and O–H groups in total. The number of ether oxygens (including phenoxy) is 2. The van der Waals surface area contributed by atoms with Crippen LogP contribution in [0.2, 0.25) is 0 Å². The van der Waals surface area contributed by atoms with Crippen molar-refractivity contribution in [3.8, 4) is 6.07 Å². The van der Waals surface area contributed by atoms with Crippen molar-refractivity contribution in [2.45, 2.75) is 12.8 Å². The highest BCUT2D eigenvalue weighted by molar-refractivity contribution is 8.18. The van der Waals surface area contributed by atoms with Crippen molar-refractivity contribution >= 4 is 30.4 Å². The molecule has 0 aliphatic carbocycles. The average molecular weight is 406 g/mol. The maximum Gasteiger partial charge on any atom is 0.336 e. The first-order valence-corrected chi connectivity index (χ1v) is 9.77. The molecule has 0 aromatic carbocycles. The summed E-state index contributed by atoms with van der Waals surface area (Å²) in [4.78, 5) is 16.1. The number of thioether (sulfide) groups is 1. The predicted molar refractivity (Wildman–Crippen MR) is 110 cm³/mol. The molecule has 1 fully saturated rings. The van der Waals surface area contributed by atoms with Crippen molar-refractivity contribution in [2.75, 3.05) is 32.9 Å². The van der Waals surface area contributed by atoms with Crippen LogP contribution in [0.3, 0.4) is 0 Å². The molecule has 0 saturated carbocycles. The molecular formula is C19H23N3O3S2. The van der Waals surface area contributed by atoms with E-state index in [9.17, 15) is 10.1 Å². The number of aromatic amines is 1. The van der Waals surface area contributed by atoms with Crippen LogP contribution >= 0.6 is 24.4 Å². The Labute approximate surface area is 169 Å². The highest BCUT2D eigenvalue weighted by atomic mass is 32.2. The molecule has 1 atom stereocenters. The van der Waals surface area contributed by atoms with Gasteiger partial charge in [0.1, 0.15) is 6.61 Å². The molecule has 2 aliphatic heterocycles. The summed E-state index contributed by atoms with van der Waals surface area (Å²) >= 11 is 5.68. The van der Waals surface area contributed by atoms with Crippen LogP contribution in [0.1, 0.15) is 18.4 Å². The zero-order valence-corrected chi connectivity index (χ0v) is 16.9. The number of carbonyl (C=O) groups is 1. The maximum atomic E-state index is 12.3. The topological polar surface area (TPSA) is 87.1 Å². The Bertz CT molecular complexity index is 748. The molecule has 27 heavy (non-hydrogen) atoms. The first kappa shape index (κ1) is 21.4. The average Bonchev–Trinajstić information content (AvgIpc) is 3.22. The van der Waals surface area contributed by atoms with Crippen molar-refractivity contribution in [2.24, 2.45) is 0 Å². The van der Waals surface area contributed by atoms with Crippen LogP contribution in [0.15, 0.2) is 51.4 Å². The van der Waals surface area contributed by atoms with Gasteiger partial charge in [-0.15, -0.1) is 12.6 Å². The number of morpholine rings is 1. The van der Waals surface area contributed by atoms with Crippen LogP contribution in [0.5, 0.6) is 0 Å². The van der Waals surface area contributed by atoms with Gasteiger partial charge in [0.15, 0.2) is 0 Å². The van der Waals surface area contributed by atoms with E-state index in [1.165, 1.54) is 17.8 Å². The summed E-state index contributed by atoms with van der Waals surface area (Å²) in [5.74, 6) is -0.882. The van der Waals surface area contributed by atoms with E-state index in [0.29, 0.717) is 15.4 Å². The van der Waals surface area contributed by atoms with Gasteiger partial charge in [-0.2, -0.15) is 5.26 Å². The monoisotopic (exact) mass is 405 g/mol. The van der Waals surface area contributed by atoms with Crippen molar-refractivity contribution < 1.29 is 14.3 Å². The van der Waals surface area contributed by atoms with Gasteiger partial charge in [0.2, 0.25) is 0 Å². The lowest BCUT2D eigenvalue weighted by atomic mass is 9.86. The molecule has 3 rings (SSSR count). The largest absolute Gasteiger partial charge is 0.458 e. The molecule has 1 aromatic rings. The van der Waals surface area contributed by atoms with Crippen LogP contribution in [-0.2, 0) is 14.3 Å². The normalized spacial score (nSPS) is 19.7. The Balaban J connectivity index is 0.000000369. The number of H-pyrrole nitrogens is 1. The minimum atomic E-state index is -0.452.